The number of ketones is 1. The van der Waals surface area contributed by atoms with Gasteiger partial charge in [-0.05, 0) is 13.0 Å². The Balaban J connectivity index is 2.93. The molecule has 0 amide bonds. The third kappa shape index (κ3) is 1.52. The molecule has 11 heavy (non-hydrogen) atoms. The van der Waals surface area contributed by atoms with Crippen molar-refractivity contribution in [2.75, 3.05) is 0 Å². The van der Waals surface area contributed by atoms with Crippen molar-refractivity contribution in [3.05, 3.63) is 24.0 Å². The summed E-state index contributed by atoms with van der Waals surface area (Å²) in [5.41, 5.74) is 0.503. The Morgan fingerprint density at radius 1 is 1.73 bits per heavy atom. The van der Waals surface area contributed by atoms with Crippen LogP contribution in [0.5, 0.6) is 0 Å². The van der Waals surface area contributed by atoms with Crippen LogP contribution in [0.4, 0.5) is 0 Å². The van der Waals surface area contributed by atoms with Crippen LogP contribution in [0.15, 0.2) is 18.3 Å². The van der Waals surface area contributed by atoms with Crippen LogP contribution in [0.1, 0.15) is 17.4 Å². The quantitative estimate of drug-likeness (QED) is 0.458. The average Bonchev–Trinajstić information content (AvgIpc) is 2.36. The van der Waals surface area contributed by atoms with E-state index in [-0.39, 0.29) is 5.78 Å². The predicted molar refractivity (Wildman–Crippen MR) is 40.1 cm³/mol. The molecule has 0 radical (unpaired) electrons. The molecule has 0 atom stereocenters. The third-order valence-corrected chi connectivity index (χ3v) is 1.28. The van der Waals surface area contributed by atoms with Gasteiger partial charge in [0.15, 0.2) is 0 Å². The Labute approximate surface area is 64.5 Å². The second-order valence-electron chi connectivity index (χ2n) is 2.11. The Hall–Kier alpha value is -1.45. The van der Waals surface area contributed by atoms with Gasteiger partial charge in [-0.15, -0.1) is 5.10 Å². The molecule has 0 fully saturated rings. The molecule has 4 heteroatoms. The first-order valence-electron chi connectivity index (χ1n) is 3.27. The number of nitrogens with zero attached hydrogens (tertiary/aromatic N) is 3. The standard InChI is InChI=1S/C7H9N3O/c1-3-4-7(11)6-5-8-9-10(6)2/h3-5H,1-2H3/b4-3+. The van der Waals surface area contributed by atoms with Crippen molar-refractivity contribution < 1.29 is 4.79 Å². The molecule has 0 aliphatic rings. The van der Waals surface area contributed by atoms with Crippen LogP contribution in [0.25, 0.3) is 0 Å². The normalized spacial score (nSPS) is 10.7. The van der Waals surface area contributed by atoms with Gasteiger partial charge in [-0.3, -0.25) is 4.79 Å². The Morgan fingerprint density at radius 2 is 2.45 bits per heavy atom. The van der Waals surface area contributed by atoms with Crippen LogP contribution < -0.4 is 0 Å². The highest BCUT2D eigenvalue weighted by atomic mass is 16.1. The van der Waals surface area contributed by atoms with Crippen LogP contribution >= 0.6 is 0 Å². The first-order chi connectivity index (χ1) is 5.25. The van der Waals surface area contributed by atoms with Crippen molar-refractivity contribution in [1.82, 2.24) is 15.0 Å². The number of carbonyl (C=O) groups excluding carboxylic acids is 1. The maximum Gasteiger partial charge on any atom is 0.205 e. The molecule has 1 aromatic rings. The van der Waals surface area contributed by atoms with Gasteiger partial charge in [-0.25, -0.2) is 4.68 Å². The molecule has 1 heterocycles. The number of carbonyl (C=O) groups is 1. The van der Waals surface area contributed by atoms with Crippen molar-refractivity contribution >= 4 is 5.78 Å². The Kier molecular flexibility index (Phi) is 2.15. The van der Waals surface area contributed by atoms with Gasteiger partial charge in [-0.1, -0.05) is 11.3 Å². The van der Waals surface area contributed by atoms with Gasteiger partial charge in [0.1, 0.15) is 5.69 Å². The highest BCUT2D eigenvalue weighted by molar-refractivity contribution is 6.02. The van der Waals surface area contributed by atoms with E-state index >= 15 is 0 Å². The summed E-state index contributed by atoms with van der Waals surface area (Å²) in [5, 5.41) is 7.22. The summed E-state index contributed by atoms with van der Waals surface area (Å²) >= 11 is 0. The molecule has 0 spiro atoms. The highest BCUT2D eigenvalue weighted by Crippen LogP contribution is 1.95. The highest BCUT2D eigenvalue weighted by Gasteiger charge is 2.05. The summed E-state index contributed by atoms with van der Waals surface area (Å²) in [6.07, 6.45) is 4.62. The number of allylic oxidation sites excluding steroid dienone is 2. The van der Waals surface area contributed by atoms with Crippen LogP contribution in [0.3, 0.4) is 0 Å². The van der Waals surface area contributed by atoms with E-state index in [1.165, 1.54) is 17.0 Å². The van der Waals surface area contributed by atoms with E-state index in [0.29, 0.717) is 5.69 Å². The lowest BCUT2D eigenvalue weighted by Crippen LogP contribution is -2.03. The molecule has 0 N–H and O–H groups in total. The maximum absolute atomic E-state index is 11.1. The second-order valence-corrected chi connectivity index (χ2v) is 2.11. The maximum atomic E-state index is 11.1. The SMILES string of the molecule is C/C=C/C(=O)c1cnnn1C. The molecule has 0 aromatic carbocycles. The summed E-state index contributed by atoms with van der Waals surface area (Å²) in [5.74, 6) is -0.0694. The number of hydrogen-bond acceptors (Lipinski definition) is 3. The first-order valence-corrected chi connectivity index (χ1v) is 3.27. The second kappa shape index (κ2) is 3.09. The summed E-state index contributed by atoms with van der Waals surface area (Å²) in [6, 6.07) is 0. The van der Waals surface area contributed by atoms with E-state index in [1.807, 2.05) is 0 Å². The minimum absolute atomic E-state index is 0.0694. The molecule has 1 rings (SSSR count). The van der Waals surface area contributed by atoms with Crippen molar-refractivity contribution in [3.63, 3.8) is 0 Å². The third-order valence-electron chi connectivity index (χ3n) is 1.28. The summed E-state index contributed by atoms with van der Waals surface area (Å²) in [6.45, 7) is 1.79. The van der Waals surface area contributed by atoms with Crippen molar-refractivity contribution in [2.24, 2.45) is 7.05 Å². The number of rotatable bonds is 2. The average molecular weight is 151 g/mol. The zero-order chi connectivity index (χ0) is 8.27. The van der Waals surface area contributed by atoms with Crippen molar-refractivity contribution in [1.29, 1.82) is 0 Å². The molecule has 0 aliphatic heterocycles. The van der Waals surface area contributed by atoms with E-state index < -0.39 is 0 Å². The topological polar surface area (TPSA) is 47.8 Å². The molecule has 0 saturated carbocycles. The fourth-order valence-electron chi connectivity index (χ4n) is 0.750. The molecule has 0 saturated heterocycles. The van der Waals surface area contributed by atoms with Gasteiger partial charge in [0.05, 0.1) is 6.20 Å². The van der Waals surface area contributed by atoms with Crippen LogP contribution in [-0.4, -0.2) is 20.8 Å². The molecule has 0 unspecified atom stereocenters. The largest absolute Gasteiger partial charge is 0.288 e. The van der Waals surface area contributed by atoms with Gasteiger partial charge in [-0.2, -0.15) is 0 Å². The van der Waals surface area contributed by atoms with Gasteiger partial charge < -0.3 is 0 Å². The minimum Gasteiger partial charge on any atom is -0.288 e. The molecular formula is C7H9N3O. The smallest absolute Gasteiger partial charge is 0.205 e. The zero-order valence-corrected chi connectivity index (χ0v) is 6.48. The van der Waals surface area contributed by atoms with Gasteiger partial charge in [0.2, 0.25) is 5.78 Å². The van der Waals surface area contributed by atoms with E-state index in [0.717, 1.165) is 0 Å². The fourth-order valence-corrected chi connectivity index (χ4v) is 0.750. The first kappa shape index (κ1) is 7.65. The zero-order valence-electron chi connectivity index (χ0n) is 6.48. The Bertz CT molecular complexity index is 288. The molecule has 0 aliphatic carbocycles. The number of aryl methyl sites for hydroxylation is 1. The molecule has 0 bridgehead atoms. The number of aromatic nitrogens is 3. The van der Waals surface area contributed by atoms with E-state index in [1.54, 1.807) is 20.0 Å². The minimum atomic E-state index is -0.0694. The lowest BCUT2D eigenvalue weighted by atomic mass is 10.3. The van der Waals surface area contributed by atoms with Crippen molar-refractivity contribution in [2.45, 2.75) is 6.92 Å². The van der Waals surface area contributed by atoms with E-state index in [9.17, 15) is 4.79 Å². The summed E-state index contributed by atoms with van der Waals surface area (Å²) in [7, 11) is 1.68. The monoisotopic (exact) mass is 151 g/mol. The van der Waals surface area contributed by atoms with Crippen molar-refractivity contribution in [3.8, 4) is 0 Å². The summed E-state index contributed by atoms with van der Waals surface area (Å²) < 4.78 is 1.45. The summed E-state index contributed by atoms with van der Waals surface area (Å²) in [4.78, 5) is 11.1. The molecule has 1 aromatic heterocycles. The predicted octanol–water partition coefficient (Wildman–Crippen LogP) is 0.574. The van der Waals surface area contributed by atoms with Gasteiger partial charge in [0.25, 0.3) is 0 Å². The van der Waals surface area contributed by atoms with Gasteiger partial charge >= 0.3 is 0 Å². The van der Waals surface area contributed by atoms with Crippen LogP contribution in [0.2, 0.25) is 0 Å². The fraction of sp³-hybridized carbons (Fsp3) is 0.286. The molecule has 58 valence electrons. The van der Waals surface area contributed by atoms with Crippen LogP contribution in [-0.2, 0) is 7.05 Å². The molecule has 4 nitrogen and oxygen atoms in total. The van der Waals surface area contributed by atoms with E-state index in [4.69, 9.17) is 0 Å². The number of hydrogen-bond donors (Lipinski definition) is 0. The Morgan fingerprint density at radius 3 is 2.91 bits per heavy atom. The lowest BCUT2D eigenvalue weighted by molar-refractivity contribution is 0.103. The van der Waals surface area contributed by atoms with E-state index in [2.05, 4.69) is 10.3 Å². The molecular weight excluding hydrogens is 142 g/mol. The van der Waals surface area contributed by atoms with Gasteiger partial charge in [0, 0.05) is 7.05 Å². The lowest BCUT2D eigenvalue weighted by Gasteiger charge is -1.91. The van der Waals surface area contributed by atoms with Crippen LogP contribution in [0, 0.1) is 0 Å².